The summed E-state index contributed by atoms with van der Waals surface area (Å²) in [4.78, 5) is 26.0. The van der Waals surface area contributed by atoms with Gasteiger partial charge >= 0.3 is 11.8 Å². The van der Waals surface area contributed by atoms with E-state index in [4.69, 9.17) is 4.52 Å². The average Bonchev–Trinajstić information content (AvgIpc) is 3.15. The zero-order chi connectivity index (χ0) is 19.4. The molecule has 0 unspecified atom stereocenters. The number of hydrazone groups is 1. The van der Waals surface area contributed by atoms with E-state index in [2.05, 4.69) is 36.6 Å². The minimum atomic E-state index is -0.749. The first-order valence-corrected chi connectivity index (χ1v) is 8.14. The molecule has 0 radical (unpaired) electrons. The van der Waals surface area contributed by atoms with Crippen molar-refractivity contribution in [2.45, 2.75) is 0 Å². The lowest BCUT2D eigenvalue weighted by Gasteiger charge is -1.99. The van der Waals surface area contributed by atoms with Gasteiger partial charge < -0.3 is 9.63 Å². The Bertz CT molecular complexity index is 1030. The highest BCUT2D eigenvalue weighted by atomic mass is 79.9. The van der Waals surface area contributed by atoms with Gasteiger partial charge in [-0.05, 0) is 30.3 Å². The number of hydrogen-bond acceptors (Lipinski definition) is 8. The number of aromatic nitrogens is 2. The highest BCUT2D eigenvalue weighted by Gasteiger charge is 2.16. The fraction of sp³-hybridized carbons (Fsp3) is 0. The second kappa shape index (κ2) is 7.74. The quantitative estimate of drug-likeness (QED) is 0.358. The first-order chi connectivity index (χ1) is 12.9. The molecule has 27 heavy (non-hydrogen) atoms. The Morgan fingerprint density at radius 3 is 2.74 bits per heavy atom. The van der Waals surface area contributed by atoms with Crippen LogP contribution in [0.1, 0.15) is 16.2 Å². The summed E-state index contributed by atoms with van der Waals surface area (Å²) in [6.45, 7) is 0. The Morgan fingerprint density at radius 1 is 1.30 bits per heavy atom. The fourth-order valence-electron chi connectivity index (χ4n) is 2.00. The average molecular weight is 432 g/mol. The van der Waals surface area contributed by atoms with Gasteiger partial charge in [0.1, 0.15) is 5.75 Å². The molecule has 1 aromatic heterocycles. The Labute approximate surface area is 159 Å². The third-order valence-electron chi connectivity index (χ3n) is 3.32. The minimum absolute atomic E-state index is 0.00514. The van der Waals surface area contributed by atoms with E-state index in [0.29, 0.717) is 11.1 Å². The van der Waals surface area contributed by atoms with E-state index in [1.807, 2.05) is 0 Å². The lowest BCUT2D eigenvalue weighted by Crippen LogP contribution is -2.18. The predicted octanol–water partition coefficient (Wildman–Crippen LogP) is 2.88. The van der Waals surface area contributed by atoms with Gasteiger partial charge in [0.2, 0.25) is 5.82 Å². The first-order valence-electron chi connectivity index (χ1n) is 7.34. The van der Waals surface area contributed by atoms with E-state index in [1.54, 1.807) is 12.1 Å². The van der Waals surface area contributed by atoms with Crippen LogP contribution in [0.5, 0.6) is 5.75 Å². The zero-order valence-corrected chi connectivity index (χ0v) is 15.0. The molecule has 0 saturated carbocycles. The molecule has 11 heteroatoms. The number of halogens is 1. The summed E-state index contributed by atoms with van der Waals surface area (Å²) in [6, 6.07) is 10.2. The number of carbonyl (C=O) groups excluding carboxylic acids is 1. The van der Waals surface area contributed by atoms with Gasteiger partial charge in [-0.2, -0.15) is 10.1 Å². The zero-order valence-electron chi connectivity index (χ0n) is 13.4. The molecule has 1 amide bonds. The number of phenols is 1. The fourth-order valence-corrected chi connectivity index (χ4v) is 2.38. The van der Waals surface area contributed by atoms with Crippen LogP contribution < -0.4 is 5.43 Å². The van der Waals surface area contributed by atoms with Gasteiger partial charge in [-0.1, -0.05) is 21.1 Å². The van der Waals surface area contributed by atoms with Crippen molar-refractivity contribution in [3.63, 3.8) is 0 Å². The number of non-ortho nitro benzene ring substituents is 1. The number of amides is 1. The number of nitrogens with zero attached hydrogens (tertiary/aromatic N) is 4. The molecule has 3 rings (SSSR count). The summed E-state index contributed by atoms with van der Waals surface area (Å²) < 4.78 is 5.60. The largest absolute Gasteiger partial charge is 0.507 e. The number of carbonyl (C=O) groups is 1. The monoisotopic (exact) mass is 431 g/mol. The van der Waals surface area contributed by atoms with E-state index >= 15 is 0 Å². The van der Waals surface area contributed by atoms with Crippen molar-refractivity contribution in [3.8, 4) is 17.1 Å². The molecule has 0 spiro atoms. The smallest absolute Gasteiger partial charge is 0.329 e. The van der Waals surface area contributed by atoms with E-state index in [1.165, 1.54) is 36.5 Å². The van der Waals surface area contributed by atoms with Crippen molar-refractivity contribution >= 4 is 33.7 Å². The second-order valence-corrected chi connectivity index (χ2v) is 6.05. The van der Waals surface area contributed by atoms with Crippen LogP contribution in [0.4, 0.5) is 5.69 Å². The highest BCUT2D eigenvalue weighted by Crippen LogP contribution is 2.21. The normalized spacial score (nSPS) is 10.9. The highest BCUT2D eigenvalue weighted by molar-refractivity contribution is 9.10. The number of nitro groups is 1. The van der Waals surface area contributed by atoms with Gasteiger partial charge in [-0.3, -0.25) is 14.9 Å². The Hall–Kier alpha value is -3.60. The molecule has 136 valence electrons. The summed E-state index contributed by atoms with van der Waals surface area (Å²) in [5.41, 5.74) is 2.96. The molecule has 1 heterocycles. The van der Waals surface area contributed by atoms with E-state index in [0.717, 1.165) is 4.47 Å². The van der Waals surface area contributed by atoms with Gasteiger partial charge in [0, 0.05) is 27.7 Å². The SMILES string of the molecule is O=C(N/N=C\c1cc(Br)ccc1O)c1nc(-c2ccc([N+](=O)[O-])cc2)no1. The van der Waals surface area contributed by atoms with Gasteiger partial charge in [0.15, 0.2) is 0 Å². The van der Waals surface area contributed by atoms with Crippen molar-refractivity contribution in [2.75, 3.05) is 0 Å². The molecule has 0 saturated heterocycles. The van der Waals surface area contributed by atoms with Crippen molar-refractivity contribution in [1.82, 2.24) is 15.6 Å². The molecule has 0 aliphatic rings. The van der Waals surface area contributed by atoms with Crippen LogP contribution in [-0.2, 0) is 0 Å². The van der Waals surface area contributed by atoms with Crippen LogP contribution in [0.25, 0.3) is 11.4 Å². The molecule has 10 nitrogen and oxygen atoms in total. The number of hydrogen-bond donors (Lipinski definition) is 2. The van der Waals surface area contributed by atoms with Crippen molar-refractivity contribution in [2.24, 2.45) is 5.10 Å². The predicted molar refractivity (Wildman–Crippen MR) is 97.3 cm³/mol. The lowest BCUT2D eigenvalue weighted by molar-refractivity contribution is -0.384. The third kappa shape index (κ3) is 4.33. The molecule has 0 aliphatic carbocycles. The molecule has 3 aromatic rings. The second-order valence-electron chi connectivity index (χ2n) is 5.13. The minimum Gasteiger partial charge on any atom is -0.507 e. The van der Waals surface area contributed by atoms with Gasteiger partial charge in [0.25, 0.3) is 5.69 Å². The Kier molecular flexibility index (Phi) is 5.22. The maximum atomic E-state index is 12.0. The molecular formula is C16H10BrN5O5. The Morgan fingerprint density at radius 2 is 2.04 bits per heavy atom. The van der Waals surface area contributed by atoms with Crippen LogP contribution in [0.15, 0.2) is 56.6 Å². The molecular weight excluding hydrogens is 422 g/mol. The molecule has 2 N–H and O–H groups in total. The van der Waals surface area contributed by atoms with Crippen LogP contribution in [-0.4, -0.2) is 32.3 Å². The summed E-state index contributed by atoms with van der Waals surface area (Å²) in [5, 5.41) is 27.7. The van der Waals surface area contributed by atoms with E-state index < -0.39 is 10.8 Å². The van der Waals surface area contributed by atoms with Crippen molar-refractivity contribution in [1.29, 1.82) is 0 Å². The standard InChI is InChI=1S/C16H10BrN5O5/c17-11-3-6-13(23)10(7-11)8-18-20-15(24)16-19-14(21-27-16)9-1-4-12(5-2-9)22(25)26/h1-8,23H,(H,20,24)/b18-8-. The molecule has 0 aliphatic heterocycles. The lowest BCUT2D eigenvalue weighted by atomic mass is 10.2. The number of phenolic OH excluding ortho intramolecular Hbond substituents is 1. The molecule has 2 aromatic carbocycles. The number of nitro benzene ring substituents is 1. The van der Waals surface area contributed by atoms with Crippen LogP contribution >= 0.6 is 15.9 Å². The maximum Gasteiger partial charge on any atom is 0.329 e. The van der Waals surface area contributed by atoms with Crippen molar-refractivity contribution < 1.29 is 19.3 Å². The summed E-state index contributed by atoms with van der Waals surface area (Å²) in [5.74, 6) is -0.988. The number of benzene rings is 2. The topological polar surface area (TPSA) is 144 Å². The molecule has 0 fully saturated rings. The van der Waals surface area contributed by atoms with Gasteiger partial charge in [-0.15, -0.1) is 0 Å². The summed E-state index contributed by atoms with van der Waals surface area (Å²) >= 11 is 3.26. The van der Waals surface area contributed by atoms with Crippen LogP contribution in [0.3, 0.4) is 0 Å². The van der Waals surface area contributed by atoms with Gasteiger partial charge in [-0.25, -0.2) is 5.43 Å². The van der Waals surface area contributed by atoms with Crippen LogP contribution in [0.2, 0.25) is 0 Å². The van der Waals surface area contributed by atoms with Crippen molar-refractivity contribution in [3.05, 3.63) is 68.5 Å². The number of rotatable bonds is 5. The van der Waals surface area contributed by atoms with E-state index in [9.17, 15) is 20.0 Å². The maximum absolute atomic E-state index is 12.0. The molecule has 0 bridgehead atoms. The summed E-state index contributed by atoms with van der Waals surface area (Å²) in [7, 11) is 0. The third-order valence-corrected chi connectivity index (χ3v) is 3.81. The van der Waals surface area contributed by atoms with Gasteiger partial charge in [0.05, 0.1) is 11.1 Å². The number of nitrogens with one attached hydrogen (secondary N) is 1. The van der Waals surface area contributed by atoms with E-state index in [-0.39, 0.29) is 23.2 Å². The van der Waals surface area contributed by atoms with Crippen LogP contribution in [0, 0.1) is 10.1 Å². The Balaban J connectivity index is 1.68. The molecule has 0 atom stereocenters. The first kappa shape index (κ1) is 18.2. The number of aromatic hydroxyl groups is 1. The summed E-state index contributed by atoms with van der Waals surface area (Å²) in [6.07, 6.45) is 1.26.